The summed E-state index contributed by atoms with van der Waals surface area (Å²) in [5.41, 5.74) is 11.1. The van der Waals surface area contributed by atoms with Crippen molar-refractivity contribution in [3.63, 3.8) is 0 Å². The molecule has 4 N–H and O–H groups in total. The standard InChI is InChI=1S/C10H9N3O/c11-9-8(10(12)14)7-4-2-1-3-6(7)5-13-9/h1-5H,(H2,11,13)(H2,12,14). The van der Waals surface area contributed by atoms with Crippen LogP contribution >= 0.6 is 0 Å². The van der Waals surface area contributed by atoms with Gasteiger partial charge in [-0.15, -0.1) is 0 Å². The minimum Gasteiger partial charge on any atom is -0.383 e. The van der Waals surface area contributed by atoms with Crippen LogP contribution in [0.1, 0.15) is 10.4 Å². The molecule has 4 heteroatoms. The number of nitrogens with zero attached hydrogens (tertiary/aromatic N) is 1. The van der Waals surface area contributed by atoms with E-state index in [-0.39, 0.29) is 5.82 Å². The molecule has 0 aliphatic heterocycles. The van der Waals surface area contributed by atoms with Crippen molar-refractivity contribution in [1.29, 1.82) is 0 Å². The Morgan fingerprint density at radius 2 is 2.00 bits per heavy atom. The summed E-state index contributed by atoms with van der Waals surface area (Å²) in [6, 6.07) is 7.35. The summed E-state index contributed by atoms with van der Waals surface area (Å²) in [5.74, 6) is -0.372. The van der Waals surface area contributed by atoms with Crippen molar-refractivity contribution in [3.05, 3.63) is 36.0 Å². The van der Waals surface area contributed by atoms with Crippen LogP contribution in [0.4, 0.5) is 5.82 Å². The van der Waals surface area contributed by atoms with Gasteiger partial charge in [-0.05, 0) is 5.39 Å². The van der Waals surface area contributed by atoms with Gasteiger partial charge in [0.15, 0.2) is 0 Å². The first-order valence-corrected chi connectivity index (χ1v) is 4.13. The second kappa shape index (κ2) is 2.99. The fourth-order valence-electron chi connectivity index (χ4n) is 1.44. The number of hydrogen-bond acceptors (Lipinski definition) is 3. The number of nitrogens with two attached hydrogens (primary N) is 2. The number of fused-ring (bicyclic) bond motifs is 1. The first-order chi connectivity index (χ1) is 6.70. The lowest BCUT2D eigenvalue weighted by atomic mass is 10.1. The van der Waals surface area contributed by atoms with Crippen LogP contribution in [-0.4, -0.2) is 10.9 Å². The van der Waals surface area contributed by atoms with Crippen LogP contribution in [0.2, 0.25) is 0 Å². The highest BCUT2D eigenvalue weighted by Gasteiger charge is 2.10. The zero-order chi connectivity index (χ0) is 10.1. The number of nitrogen functional groups attached to an aromatic ring is 1. The van der Waals surface area contributed by atoms with E-state index in [0.717, 1.165) is 10.8 Å². The van der Waals surface area contributed by atoms with Crippen molar-refractivity contribution in [2.24, 2.45) is 5.73 Å². The van der Waals surface area contributed by atoms with Gasteiger partial charge >= 0.3 is 0 Å². The summed E-state index contributed by atoms with van der Waals surface area (Å²) in [4.78, 5) is 15.0. The largest absolute Gasteiger partial charge is 0.383 e. The molecule has 0 atom stereocenters. The van der Waals surface area contributed by atoms with Crippen LogP contribution in [0.3, 0.4) is 0 Å². The van der Waals surface area contributed by atoms with E-state index in [1.807, 2.05) is 18.2 Å². The minimum absolute atomic E-state index is 0.177. The SMILES string of the molecule is NC(=O)c1c(N)ncc2ccccc12. The van der Waals surface area contributed by atoms with Gasteiger partial charge in [-0.25, -0.2) is 4.98 Å². The quantitative estimate of drug-likeness (QED) is 0.696. The molecule has 1 aromatic heterocycles. The van der Waals surface area contributed by atoms with Crippen molar-refractivity contribution in [2.75, 3.05) is 5.73 Å². The Bertz CT molecular complexity index is 508. The number of carbonyl (C=O) groups excluding carboxylic acids is 1. The molecular weight excluding hydrogens is 178 g/mol. The Hall–Kier alpha value is -2.10. The lowest BCUT2D eigenvalue weighted by Crippen LogP contribution is -2.14. The van der Waals surface area contributed by atoms with E-state index in [0.29, 0.717) is 5.56 Å². The third-order valence-electron chi connectivity index (χ3n) is 2.08. The van der Waals surface area contributed by atoms with Gasteiger partial charge in [0.05, 0.1) is 5.56 Å². The van der Waals surface area contributed by atoms with Crippen LogP contribution < -0.4 is 11.5 Å². The monoisotopic (exact) mass is 187 g/mol. The van der Waals surface area contributed by atoms with Gasteiger partial charge in [-0.3, -0.25) is 4.79 Å². The van der Waals surface area contributed by atoms with E-state index in [9.17, 15) is 4.79 Å². The average Bonchev–Trinajstić information content (AvgIpc) is 2.17. The number of rotatable bonds is 1. The third-order valence-corrected chi connectivity index (χ3v) is 2.08. The molecule has 0 aliphatic rings. The summed E-state index contributed by atoms with van der Waals surface area (Å²) < 4.78 is 0. The van der Waals surface area contributed by atoms with Crippen LogP contribution in [0, 0.1) is 0 Å². The molecule has 0 saturated heterocycles. The Morgan fingerprint density at radius 1 is 1.29 bits per heavy atom. The van der Waals surface area contributed by atoms with Crippen LogP contribution in [-0.2, 0) is 0 Å². The second-order valence-corrected chi connectivity index (χ2v) is 2.97. The molecule has 4 nitrogen and oxygen atoms in total. The number of primary amides is 1. The number of aromatic nitrogens is 1. The van der Waals surface area contributed by atoms with Crippen LogP contribution in [0.15, 0.2) is 30.5 Å². The molecule has 0 aliphatic carbocycles. The van der Waals surface area contributed by atoms with Crippen LogP contribution in [0.5, 0.6) is 0 Å². The molecule has 1 heterocycles. The highest BCUT2D eigenvalue weighted by molar-refractivity contribution is 6.09. The molecule has 14 heavy (non-hydrogen) atoms. The number of carbonyl (C=O) groups is 1. The summed E-state index contributed by atoms with van der Waals surface area (Å²) in [7, 11) is 0. The third kappa shape index (κ3) is 1.17. The zero-order valence-corrected chi connectivity index (χ0v) is 7.40. The highest BCUT2D eigenvalue weighted by Crippen LogP contribution is 2.21. The molecule has 0 unspecified atom stereocenters. The predicted molar refractivity (Wildman–Crippen MR) is 54.7 cm³/mol. The molecule has 1 aromatic carbocycles. The first-order valence-electron chi connectivity index (χ1n) is 4.13. The Morgan fingerprint density at radius 3 is 2.71 bits per heavy atom. The first kappa shape index (κ1) is 8.50. The number of hydrogen-bond donors (Lipinski definition) is 2. The summed E-state index contributed by atoms with van der Waals surface area (Å²) >= 11 is 0. The van der Waals surface area contributed by atoms with E-state index in [4.69, 9.17) is 11.5 Å². The normalized spacial score (nSPS) is 10.3. The van der Waals surface area contributed by atoms with Gasteiger partial charge < -0.3 is 11.5 Å². The van der Waals surface area contributed by atoms with Gasteiger partial charge in [0.1, 0.15) is 5.82 Å². The molecule has 0 fully saturated rings. The molecule has 1 amide bonds. The number of pyridine rings is 1. The van der Waals surface area contributed by atoms with E-state index in [1.54, 1.807) is 12.3 Å². The summed E-state index contributed by atoms with van der Waals surface area (Å²) in [6.45, 7) is 0. The predicted octanol–water partition coefficient (Wildman–Crippen LogP) is 0.916. The van der Waals surface area contributed by atoms with Gasteiger partial charge in [-0.1, -0.05) is 24.3 Å². The van der Waals surface area contributed by atoms with E-state index in [1.165, 1.54) is 0 Å². The molecule has 70 valence electrons. The van der Waals surface area contributed by atoms with Crippen molar-refractivity contribution < 1.29 is 4.79 Å². The fourth-order valence-corrected chi connectivity index (χ4v) is 1.44. The number of anilines is 1. The Kier molecular flexibility index (Phi) is 1.81. The molecule has 2 rings (SSSR count). The fraction of sp³-hybridized carbons (Fsp3) is 0. The Balaban J connectivity index is 2.90. The number of amides is 1. The molecule has 0 spiro atoms. The smallest absolute Gasteiger partial charge is 0.253 e. The molecule has 2 aromatic rings. The van der Waals surface area contributed by atoms with Crippen molar-refractivity contribution >= 4 is 22.5 Å². The van der Waals surface area contributed by atoms with E-state index in [2.05, 4.69) is 4.98 Å². The lowest BCUT2D eigenvalue weighted by molar-refractivity contribution is 0.100. The number of benzene rings is 1. The van der Waals surface area contributed by atoms with Gasteiger partial charge in [-0.2, -0.15) is 0 Å². The van der Waals surface area contributed by atoms with Gasteiger partial charge in [0.2, 0.25) is 0 Å². The van der Waals surface area contributed by atoms with Gasteiger partial charge in [0.25, 0.3) is 5.91 Å². The van der Waals surface area contributed by atoms with E-state index >= 15 is 0 Å². The zero-order valence-electron chi connectivity index (χ0n) is 7.40. The molecule has 0 saturated carbocycles. The maximum atomic E-state index is 11.1. The van der Waals surface area contributed by atoms with Crippen molar-refractivity contribution in [1.82, 2.24) is 4.98 Å². The second-order valence-electron chi connectivity index (χ2n) is 2.97. The maximum absolute atomic E-state index is 11.1. The average molecular weight is 187 g/mol. The maximum Gasteiger partial charge on any atom is 0.253 e. The van der Waals surface area contributed by atoms with Gasteiger partial charge in [0, 0.05) is 11.6 Å². The minimum atomic E-state index is -0.549. The molecule has 0 bridgehead atoms. The summed E-state index contributed by atoms with van der Waals surface area (Å²) in [5, 5.41) is 1.60. The highest BCUT2D eigenvalue weighted by atomic mass is 16.1. The Labute approximate surface area is 80.5 Å². The lowest BCUT2D eigenvalue weighted by Gasteiger charge is -2.04. The molecule has 0 radical (unpaired) electrons. The van der Waals surface area contributed by atoms with Crippen LogP contribution in [0.25, 0.3) is 10.8 Å². The van der Waals surface area contributed by atoms with Crippen molar-refractivity contribution in [2.45, 2.75) is 0 Å². The topological polar surface area (TPSA) is 82.0 Å². The van der Waals surface area contributed by atoms with Crippen molar-refractivity contribution in [3.8, 4) is 0 Å². The summed E-state index contributed by atoms with van der Waals surface area (Å²) in [6.07, 6.45) is 1.62. The van der Waals surface area contributed by atoms with E-state index < -0.39 is 5.91 Å². The molecular formula is C10H9N3O.